The summed E-state index contributed by atoms with van der Waals surface area (Å²) >= 11 is 1.49. The number of aromatic nitrogens is 2. The Morgan fingerprint density at radius 1 is 1.25 bits per heavy atom. The van der Waals surface area contributed by atoms with Crippen LogP contribution in [-0.2, 0) is 0 Å². The first-order chi connectivity index (χ1) is 9.78. The van der Waals surface area contributed by atoms with Gasteiger partial charge in [0.2, 0.25) is 0 Å². The number of nitrogens with two attached hydrogens (primary N) is 1. The van der Waals surface area contributed by atoms with Gasteiger partial charge < -0.3 is 15.9 Å². The van der Waals surface area contributed by atoms with E-state index in [0.29, 0.717) is 5.69 Å². The lowest BCUT2D eigenvalue weighted by Gasteiger charge is -2.04. The van der Waals surface area contributed by atoms with E-state index in [1.807, 2.05) is 36.4 Å². The predicted molar refractivity (Wildman–Crippen MR) is 79.2 cm³/mol. The van der Waals surface area contributed by atoms with Crippen LogP contribution in [-0.4, -0.2) is 21.0 Å². The summed E-state index contributed by atoms with van der Waals surface area (Å²) in [5, 5.41) is 13.9. The van der Waals surface area contributed by atoms with Crippen molar-refractivity contribution in [3.63, 3.8) is 0 Å². The molecule has 2 aromatic heterocycles. The topological polar surface area (TPSA) is 87.3 Å². The molecule has 0 saturated carbocycles. The van der Waals surface area contributed by atoms with Crippen LogP contribution in [0, 0.1) is 0 Å². The van der Waals surface area contributed by atoms with Crippen molar-refractivity contribution in [3.8, 4) is 0 Å². The highest BCUT2D eigenvalue weighted by molar-refractivity contribution is 7.99. The molecule has 1 aromatic carbocycles. The van der Waals surface area contributed by atoms with E-state index in [1.54, 1.807) is 6.20 Å². The second-order valence-electron chi connectivity index (χ2n) is 4.16. The molecule has 0 aliphatic carbocycles. The van der Waals surface area contributed by atoms with E-state index in [-0.39, 0.29) is 5.84 Å². The normalized spacial score (nSPS) is 11.9. The van der Waals surface area contributed by atoms with Crippen molar-refractivity contribution >= 4 is 28.5 Å². The maximum absolute atomic E-state index is 8.80. The van der Waals surface area contributed by atoms with E-state index >= 15 is 0 Å². The van der Waals surface area contributed by atoms with Crippen molar-refractivity contribution in [2.24, 2.45) is 10.9 Å². The number of hydrogen-bond acceptors (Lipinski definition) is 4. The average molecular weight is 284 g/mol. The molecule has 4 N–H and O–H groups in total. The third-order valence-electron chi connectivity index (χ3n) is 2.85. The first-order valence-corrected chi connectivity index (χ1v) is 6.78. The molecule has 20 heavy (non-hydrogen) atoms. The number of pyridine rings is 1. The minimum Gasteiger partial charge on any atom is -0.409 e. The number of nitrogens with one attached hydrogen (secondary N) is 1. The number of hydrogen-bond donors (Lipinski definition) is 3. The summed E-state index contributed by atoms with van der Waals surface area (Å²) in [4.78, 5) is 8.30. The summed E-state index contributed by atoms with van der Waals surface area (Å²) in [7, 11) is 0. The fraction of sp³-hybridized carbons (Fsp3) is 0. The quantitative estimate of drug-likeness (QED) is 0.299. The fourth-order valence-corrected chi connectivity index (χ4v) is 2.92. The molecule has 0 fully saturated rings. The molecule has 2 heterocycles. The summed E-state index contributed by atoms with van der Waals surface area (Å²) in [6.07, 6.45) is 1.61. The number of para-hydroxylation sites is 1. The van der Waals surface area contributed by atoms with Crippen LogP contribution in [0.15, 0.2) is 63.7 Å². The van der Waals surface area contributed by atoms with Gasteiger partial charge in [0, 0.05) is 22.0 Å². The molecule has 3 aromatic rings. The molecule has 100 valence electrons. The zero-order chi connectivity index (χ0) is 13.9. The van der Waals surface area contributed by atoms with Crippen molar-refractivity contribution in [1.29, 1.82) is 0 Å². The molecule has 0 bridgehead atoms. The lowest BCUT2D eigenvalue weighted by Crippen LogP contribution is -2.15. The van der Waals surface area contributed by atoms with Gasteiger partial charge in [0.25, 0.3) is 0 Å². The third-order valence-corrected chi connectivity index (χ3v) is 3.84. The average Bonchev–Trinajstić information content (AvgIpc) is 2.89. The van der Waals surface area contributed by atoms with Gasteiger partial charge in [-0.15, -0.1) is 0 Å². The molecule has 0 aliphatic heterocycles. The van der Waals surface area contributed by atoms with Crippen LogP contribution >= 0.6 is 11.8 Å². The molecule has 0 radical (unpaired) electrons. The van der Waals surface area contributed by atoms with Gasteiger partial charge in [-0.25, -0.2) is 0 Å². The van der Waals surface area contributed by atoms with Crippen molar-refractivity contribution in [2.45, 2.75) is 9.92 Å². The smallest absolute Gasteiger partial charge is 0.189 e. The van der Waals surface area contributed by atoms with Crippen LogP contribution < -0.4 is 5.73 Å². The Morgan fingerprint density at radius 2 is 2.10 bits per heavy atom. The number of H-pyrrole nitrogens is 1. The second-order valence-corrected chi connectivity index (χ2v) is 5.24. The summed E-state index contributed by atoms with van der Waals surface area (Å²) < 4.78 is 0. The Hall–Kier alpha value is -2.47. The van der Waals surface area contributed by atoms with Crippen molar-refractivity contribution in [3.05, 3.63) is 54.4 Å². The zero-order valence-corrected chi connectivity index (χ0v) is 11.3. The number of rotatable bonds is 3. The highest BCUT2D eigenvalue weighted by Gasteiger charge is 2.11. The molecule has 0 atom stereocenters. The van der Waals surface area contributed by atoms with Crippen LogP contribution in [0.1, 0.15) is 5.69 Å². The number of fused-ring (bicyclic) bond motifs is 1. The number of amidine groups is 1. The minimum absolute atomic E-state index is 0.00390. The van der Waals surface area contributed by atoms with Crippen molar-refractivity contribution in [2.75, 3.05) is 0 Å². The lowest BCUT2D eigenvalue weighted by atomic mass is 10.3. The second kappa shape index (κ2) is 5.26. The summed E-state index contributed by atoms with van der Waals surface area (Å²) in [6.45, 7) is 0. The Balaban J connectivity index is 1.99. The zero-order valence-electron chi connectivity index (χ0n) is 10.4. The van der Waals surface area contributed by atoms with Gasteiger partial charge in [0.1, 0.15) is 5.69 Å². The monoisotopic (exact) mass is 284 g/mol. The Bertz CT molecular complexity index is 748. The minimum atomic E-state index is 0.00390. The molecule has 3 rings (SSSR count). The molecular formula is C14H12N4OS. The van der Waals surface area contributed by atoms with Crippen LogP contribution in [0.4, 0.5) is 0 Å². The maximum Gasteiger partial charge on any atom is 0.189 e. The van der Waals surface area contributed by atoms with E-state index in [2.05, 4.69) is 21.2 Å². The van der Waals surface area contributed by atoms with Crippen molar-refractivity contribution < 1.29 is 5.21 Å². The first-order valence-electron chi connectivity index (χ1n) is 5.96. The van der Waals surface area contributed by atoms with Gasteiger partial charge in [-0.3, -0.25) is 4.98 Å². The number of oxime groups is 1. The molecule has 5 nitrogen and oxygen atoms in total. The Kier molecular flexibility index (Phi) is 3.30. The van der Waals surface area contributed by atoms with Crippen LogP contribution in [0.5, 0.6) is 0 Å². The summed E-state index contributed by atoms with van der Waals surface area (Å²) in [5.74, 6) is 0.00390. The summed E-state index contributed by atoms with van der Waals surface area (Å²) in [6, 6.07) is 13.8. The molecule has 0 amide bonds. The van der Waals surface area contributed by atoms with E-state index < -0.39 is 0 Å². The summed E-state index contributed by atoms with van der Waals surface area (Å²) in [5.41, 5.74) is 7.18. The first kappa shape index (κ1) is 12.6. The predicted octanol–water partition coefficient (Wildman–Crippen LogP) is 2.81. The third kappa shape index (κ3) is 2.33. The number of benzene rings is 1. The van der Waals surface area contributed by atoms with Gasteiger partial charge in [0.05, 0.1) is 5.03 Å². The number of aromatic amines is 1. The number of nitrogens with zero attached hydrogens (tertiary/aromatic N) is 2. The van der Waals surface area contributed by atoms with E-state index in [4.69, 9.17) is 10.9 Å². The molecule has 6 heteroatoms. The van der Waals surface area contributed by atoms with Crippen LogP contribution in [0.3, 0.4) is 0 Å². The van der Waals surface area contributed by atoms with E-state index in [1.165, 1.54) is 11.8 Å². The van der Waals surface area contributed by atoms with Gasteiger partial charge in [-0.2, -0.15) is 0 Å². The van der Waals surface area contributed by atoms with Crippen molar-refractivity contribution in [1.82, 2.24) is 9.97 Å². The van der Waals surface area contributed by atoms with Gasteiger partial charge in [-0.05, 0) is 24.3 Å². The highest BCUT2D eigenvalue weighted by Crippen LogP contribution is 2.31. The largest absolute Gasteiger partial charge is 0.409 e. The Labute approximate surface area is 119 Å². The molecule has 0 aliphatic rings. The Morgan fingerprint density at radius 3 is 2.90 bits per heavy atom. The van der Waals surface area contributed by atoms with Crippen LogP contribution in [0.2, 0.25) is 0 Å². The van der Waals surface area contributed by atoms with E-state index in [9.17, 15) is 0 Å². The fourth-order valence-electron chi connectivity index (χ4n) is 1.93. The molecule has 0 spiro atoms. The molecular weight excluding hydrogens is 272 g/mol. The highest BCUT2D eigenvalue weighted by atomic mass is 32.2. The maximum atomic E-state index is 8.80. The SMILES string of the molecule is N/C(=N/O)c1ncccc1Sc1cc2ccccc2[nH]1. The van der Waals surface area contributed by atoms with Gasteiger partial charge >= 0.3 is 0 Å². The van der Waals surface area contributed by atoms with Gasteiger partial charge in [-0.1, -0.05) is 35.1 Å². The standard InChI is InChI=1S/C14H12N4OS/c15-14(18-19)13-11(6-3-7-16-13)20-12-8-9-4-1-2-5-10(9)17-12/h1-8,17,19H,(H2,15,18). The van der Waals surface area contributed by atoms with Crippen LogP contribution in [0.25, 0.3) is 10.9 Å². The van der Waals surface area contributed by atoms with Gasteiger partial charge in [0.15, 0.2) is 5.84 Å². The lowest BCUT2D eigenvalue weighted by molar-refractivity contribution is 0.318. The molecule has 0 saturated heterocycles. The molecule has 0 unspecified atom stereocenters. The van der Waals surface area contributed by atoms with E-state index in [0.717, 1.165) is 20.8 Å².